The number of pyridine rings is 1. The van der Waals surface area contributed by atoms with Gasteiger partial charge < -0.3 is 15.4 Å². The van der Waals surface area contributed by atoms with Gasteiger partial charge in [-0.05, 0) is 43.5 Å². The first-order valence-corrected chi connectivity index (χ1v) is 8.20. The molecule has 2 aromatic rings. The highest BCUT2D eigenvalue weighted by Crippen LogP contribution is 2.10. The van der Waals surface area contributed by atoms with E-state index in [2.05, 4.69) is 52.7 Å². The number of rotatable bonds is 6. The van der Waals surface area contributed by atoms with E-state index in [1.807, 2.05) is 19.1 Å². The molecule has 136 valence electrons. The molecule has 0 aliphatic heterocycles. The van der Waals surface area contributed by atoms with Gasteiger partial charge in [-0.3, -0.25) is 4.99 Å². The second kappa shape index (κ2) is 10.9. The summed E-state index contributed by atoms with van der Waals surface area (Å²) in [5.74, 6) is 1.42. The van der Waals surface area contributed by atoms with Crippen LogP contribution in [-0.4, -0.2) is 24.6 Å². The summed E-state index contributed by atoms with van der Waals surface area (Å²) in [6.45, 7) is 8.21. The molecule has 0 fully saturated rings. The van der Waals surface area contributed by atoms with E-state index >= 15 is 0 Å². The lowest BCUT2D eigenvalue weighted by molar-refractivity contribution is 0.326. The van der Waals surface area contributed by atoms with Crippen LogP contribution in [0.25, 0.3) is 0 Å². The third-order valence-electron chi connectivity index (χ3n) is 3.72. The summed E-state index contributed by atoms with van der Waals surface area (Å²) in [4.78, 5) is 8.45. The van der Waals surface area contributed by atoms with E-state index in [1.165, 1.54) is 16.7 Å². The average Bonchev–Trinajstić information content (AvgIpc) is 2.57. The molecule has 0 saturated carbocycles. The molecule has 0 aliphatic carbocycles. The van der Waals surface area contributed by atoms with Gasteiger partial charge in [-0.25, -0.2) is 4.98 Å². The predicted octanol–water partition coefficient (Wildman–Crippen LogP) is 3.58. The number of hydrogen-bond donors (Lipinski definition) is 2. The molecule has 0 atom stereocenters. The second-order valence-electron chi connectivity index (χ2n) is 5.64. The molecule has 5 nitrogen and oxygen atoms in total. The minimum atomic E-state index is 0. The first-order chi connectivity index (χ1) is 11.6. The molecule has 25 heavy (non-hydrogen) atoms. The average molecular weight is 454 g/mol. The normalized spacial score (nSPS) is 10.8. The zero-order valence-corrected chi connectivity index (χ0v) is 17.6. The van der Waals surface area contributed by atoms with Crippen LogP contribution in [0.15, 0.2) is 41.5 Å². The Hall–Kier alpha value is -1.83. The number of ether oxygens (including phenoxy) is 1. The van der Waals surface area contributed by atoms with Crippen LogP contribution in [-0.2, 0) is 13.1 Å². The third-order valence-corrected chi connectivity index (χ3v) is 3.72. The summed E-state index contributed by atoms with van der Waals surface area (Å²) < 4.78 is 5.42. The van der Waals surface area contributed by atoms with Crippen LogP contribution in [0, 0.1) is 13.8 Å². The molecule has 0 aliphatic rings. The molecular weight excluding hydrogens is 427 g/mol. The number of aliphatic imine (C=N–C) groups is 1. The van der Waals surface area contributed by atoms with Gasteiger partial charge >= 0.3 is 0 Å². The van der Waals surface area contributed by atoms with Gasteiger partial charge in [-0.15, -0.1) is 24.0 Å². The third kappa shape index (κ3) is 6.89. The molecule has 0 radical (unpaired) electrons. The van der Waals surface area contributed by atoms with Crippen LogP contribution < -0.4 is 15.4 Å². The molecule has 0 bridgehead atoms. The summed E-state index contributed by atoms with van der Waals surface area (Å²) in [6.07, 6.45) is 1.76. The van der Waals surface area contributed by atoms with Crippen LogP contribution >= 0.6 is 24.0 Å². The van der Waals surface area contributed by atoms with Crippen molar-refractivity contribution in [1.29, 1.82) is 0 Å². The first-order valence-electron chi connectivity index (χ1n) is 8.20. The van der Waals surface area contributed by atoms with E-state index in [9.17, 15) is 0 Å². The van der Waals surface area contributed by atoms with Crippen molar-refractivity contribution in [3.63, 3.8) is 0 Å². The van der Waals surface area contributed by atoms with Crippen molar-refractivity contribution >= 4 is 29.9 Å². The van der Waals surface area contributed by atoms with E-state index in [4.69, 9.17) is 4.74 Å². The Balaban J connectivity index is 0.00000312. The highest BCUT2D eigenvalue weighted by Gasteiger charge is 2.03. The highest BCUT2D eigenvalue weighted by molar-refractivity contribution is 14.0. The Kier molecular flexibility index (Phi) is 9.26. The number of nitrogens with zero attached hydrogens (tertiary/aromatic N) is 2. The van der Waals surface area contributed by atoms with Gasteiger partial charge in [0.25, 0.3) is 0 Å². The van der Waals surface area contributed by atoms with Gasteiger partial charge in [0, 0.05) is 32.4 Å². The van der Waals surface area contributed by atoms with Crippen LogP contribution in [0.3, 0.4) is 0 Å². The molecule has 1 aromatic heterocycles. The van der Waals surface area contributed by atoms with Crippen molar-refractivity contribution in [3.05, 3.63) is 58.8 Å². The van der Waals surface area contributed by atoms with E-state index in [0.717, 1.165) is 18.1 Å². The van der Waals surface area contributed by atoms with Crippen molar-refractivity contribution in [2.45, 2.75) is 33.9 Å². The number of halogens is 1. The van der Waals surface area contributed by atoms with Crippen LogP contribution in [0.4, 0.5) is 0 Å². The molecule has 0 spiro atoms. The number of guanidine groups is 1. The summed E-state index contributed by atoms with van der Waals surface area (Å²) in [7, 11) is 1.77. The first kappa shape index (κ1) is 21.2. The van der Waals surface area contributed by atoms with Gasteiger partial charge in [0.15, 0.2) is 5.96 Å². The smallest absolute Gasteiger partial charge is 0.213 e. The van der Waals surface area contributed by atoms with Crippen molar-refractivity contribution < 1.29 is 4.74 Å². The molecule has 1 heterocycles. The molecule has 0 unspecified atom stereocenters. The summed E-state index contributed by atoms with van der Waals surface area (Å²) >= 11 is 0. The lowest BCUT2D eigenvalue weighted by Crippen LogP contribution is -2.36. The lowest BCUT2D eigenvalue weighted by Gasteiger charge is -2.14. The van der Waals surface area contributed by atoms with Crippen molar-refractivity contribution in [2.24, 2.45) is 4.99 Å². The number of hydrogen-bond acceptors (Lipinski definition) is 3. The van der Waals surface area contributed by atoms with E-state index in [-0.39, 0.29) is 24.0 Å². The fourth-order valence-electron chi connectivity index (χ4n) is 2.42. The maximum absolute atomic E-state index is 5.42. The number of nitrogens with one attached hydrogen (secondary N) is 2. The second-order valence-corrected chi connectivity index (χ2v) is 5.64. The summed E-state index contributed by atoms with van der Waals surface area (Å²) in [6, 6.07) is 10.4. The summed E-state index contributed by atoms with van der Waals surface area (Å²) in [5, 5.41) is 6.66. The molecule has 2 rings (SSSR count). The van der Waals surface area contributed by atoms with E-state index in [0.29, 0.717) is 19.0 Å². The molecule has 1 aromatic carbocycles. The zero-order valence-electron chi connectivity index (χ0n) is 15.3. The molecule has 0 amide bonds. The van der Waals surface area contributed by atoms with Gasteiger partial charge in [0.1, 0.15) is 0 Å². The van der Waals surface area contributed by atoms with Crippen molar-refractivity contribution in [3.8, 4) is 5.88 Å². The largest absolute Gasteiger partial charge is 0.478 e. The van der Waals surface area contributed by atoms with Gasteiger partial charge in [0.2, 0.25) is 5.88 Å². The minimum absolute atomic E-state index is 0. The SMILES string of the molecule is CCOc1cc(CNC(=NC)NCc2ccc(C)cc2C)ccn1.I. The fraction of sp³-hybridized carbons (Fsp3) is 0.368. The Morgan fingerprint density at radius 1 is 1.12 bits per heavy atom. The lowest BCUT2D eigenvalue weighted by atomic mass is 10.1. The molecule has 6 heteroatoms. The zero-order chi connectivity index (χ0) is 17.4. The monoisotopic (exact) mass is 454 g/mol. The Labute approximate surface area is 167 Å². The van der Waals surface area contributed by atoms with E-state index < -0.39 is 0 Å². The van der Waals surface area contributed by atoms with Gasteiger partial charge in [-0.2, -0.15) is 0 Å². The molecule has 2 N–H and O–H groups in total. The number of benzene rings is 1. The fourth-order valence-corrected chi connectivity index (χ4v) is 2.42. The molecule has 0 saturated heterocycles. The van der Waals surface area contributed by atoms with Gasteiger partial charge in [0.05, 0.1) is 6.61 Å². The van der Waals surface area contributed by atoms with Crippen LogP contribution in [0.1, 0.15) is 29.2 Å². The predicted molar refractivity (Wildman–Crippen MR) is 114 cm³/mol. The standard InChI is InChI=1S/C19H26N4O.HI/c1-5-24-18-11-16(8-9-21-18)12-22-19(20-4)23-13-17-7-6-14(2)10-15(17)3;/h6-11H,5,12-13H2,1-4H3,(H2,20,22,23);1H. The highest BCUT2D eigenvalue weighted by atomic mass is 127. The van der Waals surface area contributed by atoms with Crippen molar-refractivity contribution in [1.82, 2.24) is 15.6 Å². The van der Waals surface area contributed by atoms with Crippen LogP contribution in [0.5, 0.6) is 5.88 Å². The molecular formula is C19H27IN4O. The topological polar surface area (TPSA) is 58.5 Å². The number of aryl methyl sites for hydroxylation is 2. The Morgan fingerprint density at radius 2 is 1.88 bits per heavy atom. The quantitative estimate of drug-likeness (QED) is 0.398. The van der Waals surface area contributed by atoms with Gasteiger partial charge in [-0.1, -0.05) is 23.8 Å². The Bertz CT molecular complexity index is 704. The maximum atomic E-state index is 5.42. The maximum Gasteiger partial charge on any atom is 0.213 e. The van der Waals surface area contributed by atoms with Crippen LogP contribution in [0.2, 0.25) is 0 Å². The summed E-state index contributed by atoms with van der Waals surface area (Å²) in [5.41, 5.74) is 4.93. The van der Waals surface area contributed by atoms with E-state index in [1.54, 1.807) is 13.2 Å². The Morgan fingerprint density at radius 3 is 2.56 bits per heavy atom. The van der Waals surface area contributed by atoms with Crippen molar-refractivity contribution in [2.75, 3.05) is 13.7 Å². The minimum Gasteiger partial charge on any atom is -0.478 e. The number of aromatic nitrogens is 1.